The number of rotatable bonds is 6. The van der Waals surface area contributed by atoms with Crippen molar-refractivity contribution >= 4 is 15.9 Å². The van der Waals surface area contributed by atoms with Gasteiger partial charge in [-0.05, 0) is 96.9 Å². The molecule has 4 aliphatic carbocycles. The van der Waals surface area contributed by atoms with Gasteiger partial charge in [0.05, 0.1) is 0 Å². The Balaban J connectivity index is 1.69. The van der Waals surface area contributed by atoms with E-state index in [4.69, 9.17) is 9.47 Å². The molecule has 3 heteroatoms. The minimum absolute atomic E-state index is 0.205. The second-order valence-electron chi connectivity index (χ2n) is 12.5. The third kappa shape index (κ3) is 4.08. The summed E-state index contributed by atoms with van der Waals surface area (Å²) in [5, 5.41) is 0. The molecule has 0 radical (unpaired) electrons. The molecule has 0 aliphatic heterocycles. The maximum atomic E-state index is 6.47. The van der Waals surface area contributed by atoms with Crippen LogP contribution in [0.5, 0.6) is 5.75 Å². The monoisotopic (exact) mass is 510 g/mol. The van der Waals surface area contributed by atoms with Gasteiger partial charge in [0.15, 0.2) is 6.79 Å². The standard InChI is InChI=1S/C30H39BrO2/c1-19(2)22-7-8-23(26(31)11-22)24-9-20(3)10-25(27(24)33-18-32-6)30-14-21-12-28(4,16-30)15-29(5,13-21)17-30/h7-11,19,21H,12-18H2,1-6H3/t21?,28-,29+,30?. The Hall–Kier alpha value is -1.32. The molecular weight excluding hydrogens is 472 g/mol. The molecular formula is C30H39BrO2. The molecule has 4 atom stereocenters. The van der Waals surface area contributed by atoms with Crippen LogP contribution < -0.4 is 4.74 Å². The van der Waals surface area contributed by atoms with Crippen LogP contribution in [0, 0.1) is 23.7 Å². The molecule has 4 saturated carbocycles. The summed E-state index contributed by atoms with van der Waals surface area (Å²) in [7, 11) is 1.72. The fraction of sp³-hybridized carbons (Fsp3) is 0.600. The highest BCUT2D eigenvalue weighted by Crippen LogP contribution is 2.70. The van der Waals surface area contributed by atoms with Crippen LogP contribution in [0.25, 0.3) is 11.1 Å². The first-order valence-electron chi connectivity index (χ1n) is 12.6. The molecule has 2 unspecified atom stereocenters. The molecule has 0 saturated heterocycles. The molecule has 33 heavy (non-hydrogen) atoms. The van der Waals surface area contributed by atoms with Crippen molar-refractivity contribution in [1.82, 2.24) is 0 Å². The molecule has 0 heterocycles. The smallest absolute Gasteiger partial charge is 0.188 e. The van der Waals surface area contributed by atoms with E-state index in [-0.39, 0.29) is 12.2 Å². The molecule has 4 fully saturated rings. The molecule has 6 rings (SSSR count). The first-order valence-corrected chi connectivity index (χ1v) is 13.4. The van der Waals surface area contributed by atoms with Gasteiger partial charge in [-0.3, -0.25) is 0 Å². The number of benzene rings is 2. The van der Waals surface area contributed by atoms with Gasteiger partial charge < -0.3 is 9.47 Å². The second-order valence-corrected chi connectivity index (χ2v) is 13.4. The van der Waals surface area contributed by atoms with Crippen molar-refractivity contribution in [3.8, 4) is 16.9 Å². The largest absolute Gasteiger partial charge is 0.467 e. The number of aryl methyl sites for hydroxylation is 1. The highest BCUT2D eigenvalue weighted by molar-refractivity contribution is 9.10. The Bertz CT molecular complexity index is 1050. The van der Waals surface area contributed by atoms with Crippen molar-refractivity contribution in [3.63, 3.8) is 0 Å². The number of hydrogen-bond acceptors (Lipinski definition) is 2. The van der Waals surface area contributed by atoms with Crippen LogP contribution in [0.1, 0.15) is 88.8 Å². The summed E-state index contributed by atoms with van der Waals surface area (Å²) in [4.78, 5) is 0. The number of ether oxygens (including phenoxy) is 2. The van der Waals surface area contributed by atoms with Crippen LogP contribution in [0.15, 0.2) is 34.8 Å². The Morgan fingerprint density at radius 3 is 2.24 bits per heavy atom. The molecule has 0 N–H and O–H groups in total. The lowest BCUT2D eigenvalue weighted by Crippen LogP contribution is -2.56. The fourth-order valence-electron chi connectivity index (χ4n) is 8.50. The lowest BCUT2D eigenvalue weighted by molar-refractivity contribution is -0.110. The lowest BCUT2D eigenvalue weighted by atomic mass is 9.39. The highest BCUT2D eigenvalue weighted by Gasteiger charge is 2.61. The van der Waals surface area contributed by atoms with Crippen LogP contribution in [0.2, 0.25) is 0 Å². The molecule has 2 aromatic rings. The van der Waals surface area contributed by atoms with Crippen molar-refractivity contribution in [3.05, 3.63) is 51.5 Å². The summed E-state index contributed by atoms with van der Waals surface area (Å²) in [5.41, 5.74) is 7.60. The zero-order valence-electron chi connectivity index (χ0n) is 21.2. The van der Waals surface area contributed by atoms with Gasteiger partial charge in [0.25, 0.3) is 0 Å². The van der Waals surface area contributed by atoms with E-state index in [1.54, 1.807) is 7.11 Å². The van der Waals surface area contributed by atoms with E-state index in [1.165, 1.54) is 66.3 Å². The maximum absolute atomic E-state index is 6.47. The van der Waals surface area contributed by atoms with Crippen LogP contribution in [0.4, 0.5) is 0 Å². The summed E-state index contributed by atoms with van der Waals surface area (Å²) in [5.74, 6) is 2.38. The second kappa shape index (κ2) is 8.12. The zero-order chi connectivity index (χ0) is 23.6. The van der Waals surface area contributed by atoms with Crippen molar-refractivity contribution < 1.29 is 9.47 Å². The quantitative estimate of drug-likeness (QED) is 0.361. The van der Waals surface area contributed by atoms with Gasteiger partial charge in [-0.2, -0.15) is 0 Å². The predicted molar refractivity (Wildman–Crippen MR) is 140 cm³/mol. The van der Waals surface area contributed by atoms with Crippen LogP contribution in [-0.4, -0.2) is 13.9 Å². The van der Waals surface area contributed by atoms with Crippen LogP contribution in [0.3, 0.4) is 0 Å². The van der Waals surface area contributed by atoms with Gasteiger partial charge in [-0.1, -0.05) is 61.8 Å². The normalized spacial score (nSPS) is 32.5. The van der Waals surface area contributed by atoms with Gasteiger partial charge >= 0.3 is 0 Å². The van der Waals surface area contributed by atoms with Crippen molar-refractivity contribution in [2.45, 2.75) is 84.5 Å². The van der Waals surface area contributed by atoms with Gasteiger partial charge in [-0.25, -0.2) is 0 Å². The Morgan fingerprint density at radius 2 is 1.67 bits per heavy atom. The first-order chi connectivity index (χ1) is 15.6. The third-order valence-corrected chi connectivity index (χ3v) is 9.36. The van der Waals surface area contributed by atoms with Crippen molar-refractivity contribution in [2.24, 2.45) is 16.7 Å². The average Bonchev–Trinajstić information content (AvgIpc) is 2.69. The van der Waals surface area contributed by atoms with Gasteiger partial charge in [-0.15, -0.1) is 0 Å². The summed E-state index contributed by atoms with van der Waals surface area (Å²) >= 11 is 3.90. The van der Waals surface area contributed by atoms with E-state index < -0.39 is 0 Å². The summed E-state index contributed by atoms with van der Waals surface area (Å²) in [6.07, 6.45) is 8.06. The van der Waals surface area contributed by atoms with E-state index in [1.807, 2.05) is 0 Å². The molecule has 178 valence electrons. The average molecular weight is 512 g/mol. The SMILES string of the molecule is COCOc1c(-c2ccc(C(C)C)cc2Br)cc(C)cc1C12CC3C[C@@](C)(C1)C[C@](C)(C3)C2. The van der Waals surface area contributed by atoms with Crippen LogP contribution >= 0.6 is 15.9 Å². The van der Waals surface area contributed by atoms with Gasteiger partial charge in [0.1, 0.15) is 5.75 Å². The molecule has 0 aromatic heterocycles. The topological polar surface area (TPSA) is 18.5 Å². The lowest BCUT2D eigenvalue weighted by Gasteiger charge is -2.65. The molecule has 0 spiro atoms. The van der Waals surface area contributed by atoms with E-state index in [0.29, 0.717) is 16.7 Å². The van der Waals surface area contributed by atoms with Gasteiger partial charge in [0.2, 0.25) is 0 Å². The Labute approximate surface area is 208 Å². The minimum atomic E-state index is 0.205. The maximum Gasteiger partial charge on any atom is 0.188 e. The predicted octanol–water partition coefficient (Wildman–Crippen LogP) is 8.78. The summed E-state index contributed by atoms with van der Waals surface area (Å²) < 4.78 is 13.0. The van der Waals surface area contributed by atoms with E-state index in [9.17, 15) is 0 Å². The highest BCUT2D eigenvalue weighted by atomic mass is 79.9. The number of methoxy groups -OCH3 is 1. The molecule has 0 amide bonds. The molecule has 2 nitrogen and oxygen atoms in total. The fourth-order valence-corrected chi connectivity index (χ4v) is 9.11. The van der Waals surface area contributed by atoms with Crippen molar-refractivity contribution in [1.29, 1.82) is 0 Å². The van der Waals surface area contributed by atoms with E-state index in [2.05, 4.69) is 80.9 Å². The zero-order valence-corrected chi connectivity index (χ0v) is 22.8. The number of halogens is 1. The first kappa shape index (κ1) is 23.4. The van der Waals surface area contributed by atoms with E-state index in [0.717, 1.165) is 16.1 Å². The van der Waals surface area contributed by atoms with Crippen LogP contribution in [-0.2, 0) is 10.2 Å². The Morgan fingerprint density at radius 1 is 0.970 bits per heavy atom. The number of hydrogen-bond donors (Lipinski definition) is 0. The summed E-state index contributed by atoms with van der Waals surface area (Å²) in [6.45, 7) is 12.1. The van der Waals surface area contributed by atoms with Gasteiger partial charge in [0, 0.05) is 28.1 Å². The van der Waals surface area contributed by atoms with E-state index >= 15 is 0 Å². The third-order valence-electron chi connectivity index (χ3n) is 8.70. The Kier molecular flexibility index (Phi) is 5.77. The molecule has 4 bridgehead atoms. The summed E-state index contributed by atoms with van der Waals surface area (Å²) in [6, 6.07) is 11.5. The molecule has 4 aliphatic rings. The molecule has 2 aromatic carbocycles. The minimum Gasteiger partial charge on any atom is -0.467 e. The van der Waals surface area contributed by atoms with Crippen molar-refractivity contribution in [2.75, 3.05) is 13.9 Å².